The molecule has 0 atom stereocenters. The van der Waals surface area contributed by atoms with Crippen molar-refractivity contribution in [3.8, 4) is 5.75 Å². The van der Waals surface area contributed by atoms with Gasteiger partial charge >= 0.3 is 0 Å². The van der Waals surface area contributed by atoms with Crippen molar-refractivity contribution < 1.29 is 22.7 Å². The van der Waals surface area contributed by atoms with E-state index in [4.69, 9.17) is 4.74 Å². The minimum atomic E-state index is -3.72. The number of carbonyl (C=O) groups excluding carboxylic acids is 2. The number of sulfonamides is 1. The normalized spacial score (nSPS) is 13.9. The van der Waals surface area contributed by atoms with E-state index in [9.17, 15) is 18.0 Å². The lowest BCUT2D eigenvalue weighted by Crippen LogP contribution is -2.40. The highest BCUT2D eigenvalue weighted by Gasteiger charge is 2.24. The minimum Gasteiger partial charge on any atom is -0.495 e. The summed E-state index contributed by atoms with van der Waals surface area (Å²) in [6, 6.07) is 12.6. The third-order valence-electron chi connectivity index (χ3n) is 5.08. The molecule has 0 aliphatic carbocycles. The first-order chi connectivity index (χ1) is 14.7. The maximum Gasteiger partial charge on any atom is 0.241 e. The van der Waals surface area contributed by atoms with Crippen molar-refractivity contribution in [3.05, 3.63) is 53.6 Å². The van der Waals surface area contributed by atoms with E-state index in [2.05, 4.69) is 5.32 Å². The monoisotopic (exact) mass is 445 g/mol. The average molecular weight is 446 g/mol. The minimum absolute atomic E-state index is 0.0945. The molecule has 1 N–H and O–H groups in total. The molecule has 2 amide bonds. The van der Waals surface area contributed by atoms with E-state index in [1.807, 2.05) is 31.2 Å². The molecule has 1 fully saturated rings. The number of benzene rings is 2. The first-order valence-corrected chi connectivity index (χ1v) is 11.8. The maximum atomic E-state index is 12.6. The Morgan fingerprint density at radius 3 is 2.65 bits per heavy atom. The zero-order valence-electron chi connectivity index (χ0n) is 17.9. The first-order valence-electron chi connectivity index (χ1n) is 9.97. The molecule has 0 aromatic heterocycles. The van der Waals surface area contributed by atoms with E-state index in [0.29, 0.717) is 24.4 Å². The topological polar surface area (TPSA) is 96.0 Å². The number of aryl methyl sites for hydroxylation is 1. The van der Waals surface area contributed by atoms with Crippen LogP contribution in [0.2, 0.25) is 0 Å². The van der Waals surface area contributed by atoms with Crippen LogP contribution < -0.4 is 19.3 Å². The van der Waals surface area contributed by atoms with Crippen LogP contribution in [0, 0.1) is 6.92 Å². The molecular formula is C22H27N3O5S. The smallest absolute Gasteiger partial charge is 0.241 e. The van der Waals surface area contributed by atoms with Gasteiger partial charge in [-0.05, 0) is 48.7 Å². The third-order valence-corrected chi connectivity index (χ3v) is 6.20. The largest absolute Gasteiger partial charge is 0.495 e. The van der Waals surface area contributed by atoms with Crippen LogP contribution in [0.5, 0.6) is 5.75 Å². The SMILES string of the molecule is COc1ccc(C)cc1N(CC(=O)NCc1cccc(N2CCCC2=O)c1)S(C)(=O)=O. The Morgan fingerprint density at radius 1 is 1.23 bits per heavy atom. The summed E-state index contributed by atoms with van der Waals surface area (Å²) in [6.45, 7) is 2.37. The summed E-state index contributed by atoms with van der Waals surface area (Å²) in [5.41, 5.74) is 2.79. The molecule has 0 radical (unpaired) electrons. The lowest BCUT2D eigenvalue weighted by atomic mass is 10.2. The van der Waals surface area contributed by atoms with Crippen LogP contribution in [0.25, 0.3) is 0 Å². The average Bonchev–Trinajstić information content (AvgIpc) is 3.16. The number of nitrogens with zero attached hydrogens (tertiary/aromatic N) is 2. The van der Waals surface area contributed by atoms with Crippen LogP contribution in [0.1, 0.15) is 24.0 Å². The zero-order chi connectivity index (χ0) is 22.6. The van der Waals surface area contributed by atoms with Crippen molar-refractivity contribution in [2.75, 3.05) is 35.7 Å². The second-order valence-corrected chi connectivity index (χ2v) is 9.45. The van der Waals surface area contributed by atoms with Gasteiger partial charge in [0.15, 0.2) is 0 Å². The van der Waals surface area contributed by atoms with Crippen LogP contribution in [0.4, 0.5) is 11.4 Å². The Bertz CT molecular complexity index is 1080. The molecule has 3 rings (SSSR count). The molecule has 31 heavy (non-hydrogen) atoms. The Balaban J connectivity index is 1.72. The molecule has 0 bridgehead atoms. The summed E-state index contributed by atoms with van der Waals surface area (Å²) in [6.07, 6.45) is 2.44. The van der Waals surface area contributed by atoms with E-state index < -0.39 is 15.9 Å². The van der Waals surface area contributed by atoms with Gasteiger partial charge in [0.25, 0.3) is 0 Å². The Hall–Kier alpha value is -3.07. The van der Waals surface area contributed by atoms with Crippen LogP contribution in [0.15, 0.2) is 42.5 Å². The summed E-state index contributed by atoms with van der Waals surface area (Å²) in [7, 11) is -2.27. The van der Waals surface area contributed by atoms with Crippen LogP contribution in [-0.4, -0.2) is 46.7 Å². The highest BCUT2D eigenvalue weighted by atomic mass is 32.2. The van der Waals surface area contributed by atoms with Gasteiger partial charge in [0, 0.05) is 25.2 Å². The highest BCUT2D eigenvalue weighted by Crippen LogP contribution is 2.30. The van der Waals surface area contributed by atoms with Crippen molar-refractivity contribution in [2.24, 2.45) is 0 Å². The van der Waals surface area contributed by atoms with Crippen LogP contribution in [-0.2, 0) is 26.2 Å². The molecule has 0 unspecified atom stereocenters. The molecule has 8 nitrogen and oxygen atoms in total. The third kappa shape index (κ3) is 5.55. The van der Waals surface area contributed by atoms with Crippen molar-refractivity contribution in [1.29, 1.82) is 0 Å². The predicted octanol–water partition coefficient (Wildman–Crippen LogP) is 2.21. The number of anilines is 2. The van der Waals surface area contributed by atoms with E-state index in [0.717, 1.165) is 33.8 Å². The van der Waals surface area contributed by atoms with Crippen molar-refractivity contribution in [2.45, 2.75) is 26.3 Å². The molecule has 2 aromatic carbocycles. The molecular weight excluding hydrogens is 418 g/mol. The number of ether oxygens (including phenoxy) is 1. The Kier molecular flexibility index (Phi) is 6.84. The number of hydrogen-bond acceptors (Lipinski definition) is 5. The lowest BCUT2D eigenvalue weighted by Gasteiger charge is -2.24. The lowest BCUT2D eigenvalue weighted by molar-refractivity contribution is -0.120. The van der Waals surface area contributed by atoms with Crippen LogP contribution >= 0.6 is 0 Å². The molecule has 1 aliphatic heterocycles. The quantitative estimate of drug-likeness (QED) is 0.672. The van der Waals surface area contributed by atoms with Crippen molar-refractivity contribution in [3.63, 3.8) is 0 Å². The molecule has 0 saturated carbocycles. The van der Waals surface area contributed by atoms with Gasteiger partial charge in [-0.25, -0.2) is 8.42 Å². The van der Waals surface area contributed by atoms with Gasteiger partial charge in [-0.15, -0.1) is 0 Å². The fourth-order valence-electron chi connectivity index (χ4n) is 3.52. The predicted molar refractivity (Wildman–Crippen MR) is 120 cm³/mol. The van der Waals surface area contributed by atoms with Gasteiger partial charge in [0.2, 0.25) is 21.8 Å². The summed E-state index contributed by atoms with van der Waals surface area (Å²) in [4.78, 5) is 26.3. The second kappa shape index (κ2) is 9.38. The van der Waals surface area contributed by atoms with E-state index in [-0.39, 0.29) is 19.0 Å². The fourth-order valence-corrected chi connectivity index (χ4v) is 4.37. The van der Waals surface area contributed by atoms with Gasteiger partial charge in [-0.1, -0.05) is 18.2 Å². The molecule has 1 heterocycles. The molecule has 166 valence electrons. The second-order valence-electron chi connectivity index (χ2n) is 7.54. The van der Waals surface area contributed by atoms with Gasteiger partial charge < -0.3 is 15.0 Å². The standard InChI is InChI=1S/C22H27N3O5S/c1-16-9-10-20(30-2)19(12-16)25(31(3,28)29)15-21(26)23-14-17-6-4-7-18(13-17)24-11-5-8-22(24)27/h4,6-7,9-10,12-13H,5,8,11,14-15H2,1-3H3,(H,23,26). The Labute approximate surface area is 182 Å². The van der Waals surface area contributed by atoms with Gasteiger partial charge in [-0.3, -0.25) is 13.9 Å². The van der Waals surface area contributed by atoms with Crippen LogP contribution in [0.3, 0.4) is 0 Å². The molecule has 2 aromatic rings. The van der Waals surface area contributed by atoms with Gasteiger partial charge in [-0.2, -0.15) is 0 Å². The zero-order valence-corrected chi connectivity index (χ0v) is 18.7. The van der Waals surface area contributed by atoms with Gasteiger partial charge in [0.05, 0.1) is 19.1 Å². The van der Waals surface area contributed by atoms with Gasteiger partial charge in [0.1, 0.15) is 12.3 Å². The number of hydrogen-bond donors (Lipinski definition) is 1. The molecule has 0 spiro atoms. The summed E-state index contributed by atoms with van der Waals surface area (Å²) in [5.74, 6) is 0.0144. The van der Waals surface area contributed by atoms with E-state index >= 15 is 0 Å². The summed E-state index contributed by atoms with van der Waals surface area (Å²) >= 11 is 0. The van der Waals surface area contributed by atoms with Crippen molar-refractivity contribution in [1.82, 2.24) is 5.32 Å². The molecule has 1 saturated heterocycles. The highest BCUT2D eigenvalue weighted by molar-refractivity contribution is 7.92. The number of methoxy groups -OCH3 is 1. The fraction of sp³-hybridized carbons (Fsp3) is 0.364. The summed E-state index contributed by atoms with van der Waals surface area (Å²) < 4.78 is 31.1. The first kappa shape index (κ1) is 22.6. The summed E-state index contributed by atoms with van der Waals surface area (Å²) in [5, 5.41) is 2.76. The molecule has 9 heteroatoms. The van der Waals surface area contributed by atoms with E-state index in [1.54, 1.807) is 23.1 Å². The number of nitrogens with one attached hydrogen (secondary N) is 1. The van der Waals surface area contributed by atoms with E-state index in [1.165, 1.54) is 7.11 Å². The molecule has 1 aliphatic rings. The Morgan fingerprint density at radius 2 is 2.00 bits per heavy atom. The maximum absolute atomic E-state index is 12.6. The number of amides is 2. The van der Waals surface area contributed by atoms with Crippen molar-refractivity contribution >= 4 is 33.2 Å². The number of carbonyl (C=O) groups is 2. The number of rotatable bonds is 8.